The number of hydrogen-bond acceptors (Lipinski definition) is 2. The van der Waals surface area contributed by atoms with Crippen LogP contribution in [0.4, 0.5) is 5.69 Å². The van der Waals surface area contributed by atoms with Crippen molar-refractivity contribution in [1.29, 1.82) is 0 Å². The maximum atomic E-state index is 11.3. The number of carbonyl (C=O) groups excluding carboxylic acids is 1. The third-order valence-corrected chi connectivity index (χ3v) is 3.54. The molecule has 2 N–H and O–H groups in total. The molecule has 0 radical (unpaired) electrons. The summed E-state index contributed by atoms with van der Waals surface area (Å²) in [5.74, 6) is 6.35. The fourth-order valence-corrected chi connectivity index (χ4v) is 2.50. The summed E-state index contributed by atoms with van der Waals surface area (Å²) in [5, 5.41) is 3.85. The summed E-state index contributed by atoms with van der Waals surface area (Å²) in [7, 11) is 0. The Morgan fingerprint density at radius 1 is 1.14 bits per heavy atom. The van der Waals surface area contributed by atoms with Gasteiger partial charge in [-0.1, -0.05) is 17.9 Å². The van der Waals surface area contributed by atoms with E-state index >= 15 is 0 Å². The van der Waals surface area contributed by atoms with Gasteiger partial charge in [-0.05, 0) is 29.8 Å². The second-order valence-corrected chi connectivity index (χ2v) is 4.95. The number of nitrogens with one attached hydrogen (secondary N) is 2. The molecule has 0 aliphatic carbocycles. The molecule has 0 atom stereocenters. The standard InChI is InChI=1S/C17H11N3O/c21-16-10-13-4-2-11(9-15(13)20-16)1-3-12-5-7-18-17-14(12)6-8-19-17/h2,4-9H,10H2,(H,18,19)(H,20,21). The van der Waals surface area contributed by atoms with Crippen molar-refractivity contribution < 1.29 is 4.79 Å². The van der Waals surface area contributed by atoms with Crippen molar-refractivity contribution >= 4 is 22.6 Å². The number of benzene rings is 1. The van der Waals surface area contributed by atoms with Crippen LogP contribution in [0.2, 0.25) is 0 Å². The van der Waals surface area contributed by atoms with Gasteiger partial charge in [0.2, 0.25) is 5.91 Å². The number of aromatic amines is 1. The normalized spacial score (nSPS) is 12.7. The lowest BCUT2D eigenvalue weighted by Crippen LogP contribution is -2.03. The molecular formula is C17H11N3O. The Balaban J connectivity index is 1.73. The smallest absolute Gasteiger partial charge is 0.228 e. The molecule has 3 heterocycles. The third kappa shape index (κ3) is 2.05. The van der Waals surface area contributed by atoms with Crippen molar-refractivity contribution in [2.75, 3.05) is 5.32 Å². The highest BCUT2D eigenvalue weighted by Gasteiger charge is 2.16. The number of amides is 1. The molecule has 0 saturated carbocycles. The Morgan fingerprint density at radius 2 is 2.10 bits per heavy atom. The average molecular weight is 273 g/mol. The van der Waals surface area contributed by atoms with Crippen LogP contribution in [0.5, 0.6) is 0 Å². The number of aromatic nitrogens is 2. The van der Waals surface area contributed by atoms with E-state index in [0.717, 1.165) is 33.4 Å². The molecule has 1 aliphatic heterocycles. The summed E-state index contributed by atoms with van der Waals surface area (Å²) in [6.45, 7) is 0. The second kappa shape index (κ2) is 4.50. The summed E-state index contributed by atoms with van der Waals surface area (Å²) in [4.78, 5) is 18.7. The first-order valence-electron chi connectivity index (χ1n) is 6.66. The molecule has 100 valence electrons. The first-order valence-corrected chi connectivity index (χ1v) is 6.66. The Hall–Kier alpha value is -3.06. The number of nitrogens with zero attached hydrogens (tertiary/aromatic N) is 1. The molecule has 0 spiro atoms. The molecule has 4 heteroatoms. The molecule has 1 aliphatic rings. The van der Waals surface area contributed by atoms with Gasteiger partial charge in [-0.25, -0.2) is 4.98 Å². The monoisotopic (exact) mass is 273 g/mol. The van der Waals surface area contributed by atoms with E-state index in [9.17, 15) is 4.79 Å². The maximum Gasteiger partial charge on any atom is 0.228 e. The van der Waals surface area contributed by atoms with E-state index in [4.69, 9.17) is 0 Å². The molecule has 1 aromatic carbocycles. The van der Waals surface area contributed by atoms with Crippen LogP contribution in [-0.2, 0) is 11.2 Å². The zero-order valence-electron chi connectivity index (χ0n) is 11.1. The summed E-state index contributed by atoms with van der Waals surface area (Å²) < 4.78 is 0. The molecule has 4 rings (SSSR count). The summed E-state index contributed by atoms with van der Waals surface area (Å²) in [5.41, 5.74) is 4.56. The van der Waals surface area contributed by atoms with E-state index in [2.05, 4.69) is 27.1 Å². The third-order valence-electron chi connectivity index (χ3n) is 3.54. The highest BCUT2D eigenvalue weighted by atomic mass is 16.1. The van der Waals surface area contributed by atoms with E-state index in [1.807, 2.05) is 36.5 Å². The van der Waals surface area contributed by atoms with Crippen molar-refractivity contribution in [2.45, 2.75) is 6.42 Å². The van der Waals surface area contributed by atoms with Gasteiger partial charge in [0, 0.05) is 34.6 Å². The number of fused-ring (bicyclic) bond motifs is 2. The van der Waals surface area contributed by atoms with Crippen LogP contribution in [0, 0.1) is 11.8 Å². The van der Waals surface area contributed by atoms with Crippen molar-refractivity contribution in [1.82, 2.24) is 9.97 Å². The Morgan fingerprint density at radius 3 is 3.05 bits per heavy atom. The fraction of sp³-hybridized carbons (Fsp3) is 0.0588. The fourth-order valence-electron chi connectivity index (χ4n) is 2.50. The molecule has 0 fully saturated rings. The van der Waals surface area contributed by atoms with Crippen LogP contribution < -0.4 is 5.32 Å². The molecule has 21 heavy (non-hydrogen) atoms. The van der Waals surface area contributed by atoms with Crippen LogP contribution in [0.15, 0.2) is 42.7 Å². The highest BCUT2D eigenvalue weighted by molar-refractivity contribution is 5.99. The van der Waals surface area contributed by atoms with Crippen molar-refractivity contribution in [2.24, 2.45) is 0 Å². The zero-order valence-corrected chi connectivity index (χ0v) is 11.1. The van der Waals surface area contributed by atoms with Crippen LogP contribution in [0.25, 0.3) is 11.0 Å². The predicted octanol–water partition coefficient (Wildman–Crippen LogP) is 2.46. The molecule has 2 aromatic heterocycles. The van der Waals surface area contributed by atoms with Gasteiger partial charge in [-0.15, -0.1) is 0 Å². The topological polar surface area (TPSA) is 57.8 Å². The van der Waals surface area contributed by atoms with Crippen molar-refractivity contribution in [3.63, 3.8) is 0 Å². The van der Waals surface area contributed by atoms with Crippen LogP contribution in [0.3, 0.4) is 0 Å². The summed E-state index contributed by atoms with van der Waals surface area (Å²) >= 11 is 0. The molecule has 1 amide bonds. The minimum atomic E-state index is 0.0401. The van der Waals surface area contributed by atoms with Crippen LogP contribution in [0.1, 0.15) is 16.7 Å². The zero-order chi connectivity index (χ0) is 14.2. The van der Waals surface area contributed by atoms with Gasteiger partial charge in [0.25, 0.3) is 0 Å². The van der Waals surface area contributed by atoms with Gasteiger partial charge in [0.1, 0.15) is 5.65 Å². The number of anilines is 1. The van der Waals surface area contributed by atoms with E-state index in [1.165, 1.54) is 0 Å². The SMILES string of the molecule is O=C1Cc2ccc(C#Cc3ccnc4[nH]ccc34)cc2N1. The molecule has 0 unspecified atom stereocenters. The quantitative estimate of drug-likeness (QED) is 0.618. The largest absolute Gasteiger partial charge is 0.346 e. The van der Waals surface area contributed by atoms with Gasteiger partial charge in [0.05, 0.1) is 6.42 Å². The number of H-pyrrole nitrogens is 1. The van der Waals surface area contributed by atoms with Gasteiger partial charge >= 0.3 is 0 Å². The highest BCUT2D eigenvalue weighted by Crippen LogP contribution is 2.23. The van der Waals surface area contributed by atoms with Crippen molar-refractivity contribution in [3.8, 4) is 11.8 Å². The number of rotatable bonds is 0. The van der Waals surface area contributed by atoms with Crippen LogP contribution >= 0.6 is 0 Å². The predicted molar refractivity (Wildman–Crippen MR) is 80.8 cm³/mol. The number of carbonyl (C=O) groups is 1. The molecule has 0 saturated heterocycles. The number of hydrogen-bond donors (Lipinski definition) is 2. The number of pyridine rings is 1. The van der Waals surface area contributed by atoms with E-state index in [-0.39, 0.29) is 5.91 Å². The van der Waals surface area contributed by atoms with E-state index in [0.29, 0.717) is 6.42 Å². The lowest BCUT2D eigenvalue weighted by atomic mass is 10.1. The lowest BCUT2D eigenvalue weighted by molar-refractivity contribution is -0.115. The molecule has 3 aromatic rings. The van der Waals surface area contributed by atoms with E-state index < -0.39 is 0 Å². The molecule has 0 bridgehead atoms. The van der Waals surface area contributed by atoms with Gasteiger partial charge in [-0.3, -0.25) is 4.79 Å². The lowest BCUT2D eigenvalue weighted by Gasteiger charge is -1.98. The molecule has 4 nitrogen and oxygen atoms in total. The van der Waals surface area contributed by atoms with Gasteiger partial charge in [0.15, 0.2) is 0 Å². The van der Waals surface area contributed by atoms with Gasteiger partial charge < -0.3 is 10.3 Å². The summed E-state index contributed by atoms with van der Waals surface area (Å²) in [6, 6.07) is 9.69. The Bertz CT molecular complexity index is 928. The van der Waals surface area contributed by atoms with Crippen LogP contribution in [-0.4, -0.2) is 15.9 Å². The molecular weight excluding hydrogens is 262 g/mol. The Kier molecular flexibility index (Phi) is 2.51. The average Bonchev–Trinajstić information content (AvgIpc) is 3.09. The van der Waals surface area contributed by atoms with Crippen molar-refractivity contribution in [3.05, 3.63) is 59.4 Å². The Labute approximate surface area is 121 Å². The first kappa shape index (κ1) is 11.7. The minimum Gasteiger partial charge on any atom is -0.346 e. The maximum absolute atomic E-state index is 11.3. The summed E-state index contributed by atoms with van der Waals surface area (Å²) in [6.07, 6.45) is 4.05. The first-order chi connectivity index (χ1) is 10.3. The second-order valence-electron chi connectivity index (χ2n) is 4.95. The van der Waals surface area contributed by atoms with E-state index in [1.54, 1.807) is 6.20 Å². The minimum absolute atomic E-state index is 0.0401. The van der Waals surface area contributed by atoms with Gasteiger partial charge in [-0.2, -0.15) is 0 Å².